The summed E-state index contributed by atoms with van der Waals surface area (Å²) < 4.78 is 68.7. The SMILES string of the molecule is CCCCCCCCCCCCCCCCCCCCCCCC(=O)O[C@H](COC(=O)CCCCCCCCCCCCCCCCCC(C)C)COP(=O)(O)OC[C@@H](O)COP(=O)(O)OC[C@@H](COC(=O)CCCCCCCCC(C)CC)OC(=O)CCCCCCCCCCCCC. The molecule has 0 heterocycles. The molecule has 0 fully saturated rings. The fraction of sp³-hybridized carbons (Fsp3) is 0.951. The van der Waals surface area contributed by atoms with Crippen LogP contribution in [0.5, 0.6) is 0 Å². The van der Waals surface area contributed by atoms with Gasteiger partial charge in [0.05, 0.1) is 26.4 Å². The van der Waals surface area contributed by atoms with Crippen LogP contribution in [-0.4, -0.2) is 96.7 Å². The predicted molar refractivity (Wildman–Crippen MR) is 409 cm³/mol. The molecule has 0 spiro atoms. The van der Waals surface area contributed by atoms with Gasteiger partial charge in [-0.05, 0) is 37.5 Å². The number of rotatable bonds is 80. The lowest BCUT2D eigenvalue weighted by atomic mass is 10.00. The lowest BCUT2D eigenvalue weighted by Crippen LogP contribution is -2.30. The number of phosphoric ester groups is 2. The van der Waals surface area contributed by atoms with E-state index in [0.29, 0.717) is 25.7 Å². The summed E-state index contributed by atoms with van der Waals surface area (Å²) in [5.41, 5.74) is 0. The van der Waals surface area contributed by atoms with Crippen molar-refractivity contribution >= 4 is 39.5 Å². The summed E-state index contributed by atoms with van der Waals surface area (Å²) in [5, 5.41) is 10.6. The van der Waals surface area contributed by atoms with E-state index in [1.165, 1.54) is 238 Å². The molecule has 0 saturated heterocycles. The van der Waals surface area contributed by atoms with Crippen LogP contribution in [0, 0.1) is 11.8 Å². The van der Waals surface area contributed by atoms with Crippen molar-refractivity contribution in [1.82, 2.24) is 0 Å². The fourth-order valence-corrected chi connectivity index (χ4v) is 14.1. The van der Waals surface area contributed by atoms with Crippen LogP contribution < -0.4 is 0 Å². The van der Waals surface area contributed by atoms with Gasteiger partial charge in [0.2, 0.25) is 0 Å². The zero-order valence-electron chi connectivity index (χ0n) is 65.5. The molecule has 0 amide bonds. The van der Waals surface area contributed by atoms with Gasteiger partial charge < -0.3 is 33.8 Å². The molecule has 0 rings (SSSR count). The highest BCUT2D eigenvalue weighted by Crippen LogP contribution is 2.45. The summed E-state index contributed by atoms with van der Waals surface area (Å²) >= 11 is 0. The molecule has 0 aromatic rings. The molecular weight excluding hydrogens is 1310 g/mol. The summed E-state index contributed by atoms with van der Waals surface area (Å²) in [6.07, 6.45) is 62.6. The number of aliphatic hydroxyl groups excluding tert-OH is 1. The maximum atomic E-state index is 13.1. The van der Waals surface area contributed by atoms with Crippen molar-refractivity contribution in [2.75, 3.05) is 39.6 Å². The Balaban J connectivity index is 5.20. The molecule has 0 aromatic carbocycles. The van der Waals surface area contributed by atoms with Crippen molar-refractivity contribution in [2.45, 2.75) is 445 Å². The molecule has 19 heteroatoms. The Kier molecular flexibility index (Phi) is 71.2. The van der Waals surface area contributed by atoms with E-state index in [4.69, 9.17) is 37.0 Å². The molecule has 0 radical (unpaired) electrons. The zero-order chi connectivity index (χ0) is 73.5. The number of carbonyl (C=O) groups excluding carboxylic acids is 4. The second kappa shape index (κ2) is 72.6. The van der Waals surface area contributed by atoms with Crippen LogP contribution in [0.2, 0.25) is 0 Å². The highest BCUT2D eigenvalue weighted by Gasteiger charge is 2.30. The number of phosphoric acid groups is 2. The molecule has 6 atom stereocenters. The van der Waals surface area contributed by atoms with Crippen LogP contribution >= 0.6 is 15.6 Å². The van der Waals surface area contributed by atoms with E-state index in [1.807, 2.05) is 0 Å². The number of aliphatic hydroxyl groups is 1. The van der Waals surface area contributed by atoms with Crippen molar-refractivity contribution in [3.8, 4) is 0 Å². The first-order valence-electron chi connectivity index (χ1n) is 42.0. The molecule has 100 heavy (non-hydrogen) atoms. The molecule has 0 aliphatic carbocycles. The van der Waals surface area contributed by atoms with Gasteiger partial charge in [-0.1, -0.05) is 375 Å². The lowest BCUT2D eigenvalue weighted by molar-refractivity contribution is -0.161. The Labute approximate surface area is 613 Å². The van der Waals surface area contributed by atoms with Gasteiger partial charge in [-0.2, -0.15) is 0 Å². The van der Waals surface area contributed by atoms with E-state index >= 15 is 0 Å². The molecule has 0 saturated carbocycles. The van der Waals surface area contributed by atoms with Gasteiger partial charge in [-0.3, -0.25) is 37.3 Å². The molecule has 0 aliphatic heterocycles. The second-order valence-electron chi connectivity index (χ2n) is 29.9. The molecule has 3 unspecified atom stereocenters. The van der Waals surface area contributed by atoms with E-state index < -0.39 is 97.5 Å². The number of hydrogen-bond acceptors (Lipinski definition) is 15. The molecule has 0 aliphatic rings. The Morgan fingerprint density at radius 2 is 0.510 bits per heavy atom. The first-order chi connectivity index (χ1) is 48.4. The Bertz CT molecular complexity index is 1930. The topological polar surface area (TPSA) is 237 Å². The molecular formula is C81H158O17P2. The minimum Gasteiger partial charge on any atom is -0.462 e. The number of unbranched alkanes of at least 4 members (excludes halogenated alkanes) is 49. The van der Waals surface area contributed by atoms with Crippen molar-refractivity contribution in [2.24, 2.45) is 11.8 Å². The Morgan fingerprint density at radius 3 is 0.760 bits per heavy atom. The standard InChI is InChI=1S/C81H158O17P2/c1-7-10-12-14-16-18-20-21-22-23-24-25-26-27-30-34-38-42-46-54-60-66-81(86)97-76(69-91-78(83)63-57-51-44-40-37-33-31-28-29-32-36-39-43-49-55-61-73(4)5)71-95-99(87,88)93-67-75(82)68-94-100(89,90)96-72-77(70-92-79(84)64-58-52-48-47-50-56-62-74(6)9-3)98-80(85)65-59-53-45-41-35-19-17-15-13-11-8-2/h73-77,82H,7-72H2,1-6H3,(H,87,88)(H,89,90)/t74?,75-,76-,77-/m1/s1. The van der Waals surface area contributed by atoms with Crippen molar-refractivity contribution < 1.29 is 80.2 Å². The number of ether oxygens (including phenoxy) is 4. The van der Waals surface area contributed by atoms with Crippen LogP contribution in [0.1, 0.15) is 427 Å². The average molecular weight is 1470 g/mol. The van der Waals surface area contributed by atoms with E-state index in [9.17, 15) is 43.2 Å². The van der Waals surface area contributed by atoms with Gasteiger partial charge in [0, 0.05) is 25.7 Å². The zero-order valence-corrected chi connectivity index (χ0v) is 67.3. The third kappa shape index (κ3) is 73.0. The maximum Gasteiger partial charge on any atom is 0.472 e. The van der Waals surface area contributed by atoms with E-state index in [2.05, 4.69) is 41.5 Å². The van der Waals surface area contributed by atoms with Crippen LogP contribution in [0.15, 0.2) is 0 Å². The van der Waals surface area contributed by atoms with Gasteiger partial charge in [-0.15, -0.1) is 0 Å². The smallest absolute Gasteiger partial charge is 0.462 e. The first kappa shape index (κ1) is 98.1. The summed E-state index contributed by atoms with van der Waals surface area (Å²) in [6.45, 7) is 9.61. The lowest BCUT2D eigenvalue weighted by Gasteiger charge is -2.21. The molecule has 0 bridgehead atoms. The van der Waals surface area contributed by atoms with Gasteiger partial charge >= 0.3 is 39.5 Å². The van der Waals surface area contributed by atoms with Crippen LogP contribution in [0.4, 0.5) is 0 Å². The van der Waals surface area contributed by atoms with E-state index in [0.717, 1.165) is 108 Å². The van der Waals surface area contributed by atoms with Crippen molar-refractivity contribution in [3.05, 3.63) is 0 Å². The summed E-state index contributed by atoms with van der Waals surface area (Å²) in [4.78, 5) is 73.0. The monoisotopic (exact) mass is 1470 g/mol. The third-order valence-corrected chi connectivity index (χ3v) is 21.2. The molecule has 3 N–H and O–H groups in total. The molecule has 17 nitrogen and oxygen atoms in total. The highest BCUT2D eigenvalue weighted by molar-refractivity contribution is 7.47. The number of carbonyl (C=O) groups is 4. The third-order valence-electron chi connectivity index (χ3n) is 19.3. The van der Waals surface area contributed by atoms with Crippen molar-refractivity contribution in [3.63, 3.8) is 0 Å². The summed E-state index contributed by atoms with van der Waals surface area (Å²) in [6, 6.07) is 0. The normalized spacial score (nSPS) is 14.2. The Hall–Kier alpha value is -1.94. The first-order valence-corrected chi connectivity index (χ1v) is 45.0. The maximum absolute atomic E-state index is 13.1. The molecule has 0 aromatic heterocycles. The van der Waals surface area contributed by atoms with Crippen molar-refractivity contribution in [1.29, 1.82) is 0 Å². The highest BCUT2D eigenvalue weighted by atomic mass is 31.2. The second-order valence-corrected chi connectivity index (χ2v) is 32.8. The van der Waals surface area contributed by atoms with Crippen LogP contribution in [0.25, 0.3) is 0 Å². The summed E-state index contributed by atoms with van der Waals surface area (Å²) in [5.74, 6) is -0.573. The number of esters is 4. The minimum atomic E-state index is -4.96. The Morgan fingerprint density at radius 1 is 0.290 bits per heavy atom. The van der Waals surface area contributed by atoms with Gasteiger partial charge in [0.15, 0.2) is 12.2 Å². The van der Waals surface area contributed by atoms with Crippen LogP contribution in [0.3, 0.4) is 0 Å². The molecule has 594 valence electrons. The largest absolute Gasteiger partial charge is 0.472 e. The summed E-state index contributed by atoms with van der Waals surface area (Å²) in [7, 11) is -9.92. The average Bonchev–Trinajstić information content (AvgIpc) is 0.927. The fourth-order valence-electron chi connectivity index (χ4n) is 12.5. The van der Waals surface area contributed by atoms with E-state index in [-0.39, 0.29) is 25.7 Å². The number of hydrogen-bond donors (Lipinski definition) is 3. The van der Waals surface area contributed by atoms with Crippen LogP contribution in [-0.2, 0) is 65.4 Å². The minimum absolute atomic E-state index is 0.106. The quantitative estimate of drug-likeness (QED) is 0.0222. The van der Waals surface area contributed by atoms with Gasteiger partial charge in [-0.25, -0.2) is 9.13 Å². The predicted octanol–water partition coefficient (Wildman–Crippen LogP) is 24.3. The van der Waals surface area contributed by atoms with Gasteiger partial charge in [0.1, 0.15) is 19.3 Å². The van der Waals surface area contributed by atoms with E-state index in [1.54, 1.807) is 0 Å². The van der Waals surface area contributed by atoms with Gasteiger partial charge in [0.25, 0.3) is 0 Å².